The Morgan fingerprint density at radius 2 is 1.91 bits per heavy atom. The first kappa shape index (κ1) is 17.6. The zero-order valence-electron chi connectivity index (χ0n) is 13.3. The Balaban J connectivity index is 2.58. The van der Waals surface area contributed by atoms with Gasteiger partial charge < -0.3 is 9.64 Å². The summed E-state index contributed by atoms with van der Waals surface area (Å²) < 4.78 is 4.83. The molecule has 0 saturated heterocycles. The third-order valence-electron chi connectivity index (χ3n) is 3.60. The summed E-state index contributed by atoms with van der Waals surface area (Å²) in [4.78, 5) is 26.4. The number of carbonyl (C=O) groups excluding carboxylic acids is 2. The van der Waals surface area contributed by atoms with Crippen LogP contribution in [-0.2, 0) is 14.3 Å². The summed E-state index contributed by atoms with van der Waals surface area (Å²) >= 11 is 11.9. The van der Waals surface area contributed by atoms with Crippen molar-refractivity contribution in [3.63, 3.8) is 0 Å². The van der Waals surface area contributed by atoms with Crippen molar-refractivity contribution in [2.75, 3.05) is 7.11 Å². The van der Waals surface area contributed by atoms with E-state index in [1.54, 1.807) is 36.1 Å². The maximum atomic E-state index is 12.7. The van der Waals surface area contributed by atoms with E-state index in [-0.39, 0.29) is 17.5 Å². The molecule has 0 aliphatic carbocycles. The van der Waals surface area contributed by atoms with Crippen LogP contribution in [0.3, 0.4) is 0 Å². The maximum absolute atomic E-state index is 12.7. The van der Waals surface area contributed by atoms with Crippen LogP contribution in [0.5, 0.6) is 0 Å². The summed E-state index contributed by atoms with van der Waals surface area (Å²) in [5, 5.41) is 0.808. The lowest BCUT2D eigenvalue weighted by atomic mass is 10.0. The third kappa shape index (κ3) is 3.28. The molecule has 4 nitrogen and oxygen atoms in total. The molecule has 0 atom stereocenters. The number of rotatable bonds is 3. The minimum absolute atomic E-state index is 0.0677. The Morgan fingerprint density at radius 1 is 1.26 bits per heavy atom. The SMILES string of the molecule is COC(=O)C1=C(C)N(C(C)C)C(=O)/C1=C\c1ccc(Cl)c(Cl)c1. The molecule has 0 saturated carbocycles. The first-order chi connectivity index (χ1) is 10.8. The Morgan fingerprint density at radius 3 is 2.43 bits per heavy atom. The van der Waals surface area contributed by atoms with E-state index >= 15 is 0 Å². The maximum Gasteiger partial charge on any atom is 0.340 e. The number of benzene rings is 1. The molecule has 1 aromatic rings. The van der Waals surface area contributed by atoms with E-state index in [1.807, 2.05) is 13.8 Å². The smallest absolute Gasteiger partial charge is 0.340 e. The summed E-state index contributed by atoms with van der Waals surface area (Å²) in [6.45, 7) is 5.51. The highest BCUT2D eigenvalue weighted by Gasteiger charge is 2.38. The monoisotopic (exact) mass is 353 g/mol. The molecule has 122 valence electrons. The quantitative estimate of drug-likeness (QED) is 0.607. The molecule has 1 aliphatic heterocycles. The molecule has 2 rings (SSSR count). The van der Waals surface area contributed by atoms with Gasteiger partial charge >= 0.3 is 5.97 Å². The first-order valence-corrected chi connectivity index (χ1v) is 7.83. The van der Waals surface area contributed by atoms with E-state index in [4.69, 9.17) is 27.9 Å². The summed E-state index contributed by atoms with van der Waals surface area (Å²) in [5.41, 5.74) is 1.84. The van der Waals surface area contributed by atoms with Gasteiger partial charge in [-0.25, -0.2) is 4.79 Å². The molecular formula is C17H17Cl2NO3. The molecular weight excluding hydrogens is 337 g/mol. The van der Waals surface area contributed by atoms with Crippen molar-refractivity contribution >= 4 is 41.2 Å². The van der Waals surface area contributed by atoms with Crippen LogP contribution in [0, 0.1) is 0 Å². The van der Waals surface area contributed by atoms with Gasteiger partial charge in [-0.05, 0) is 44.5 Å². The van der Waals surface area contributed by atoms with Crippen LogP contribution >= 0.6 is 23.2 Å². The van der Waals surface area contributed by atoms with E-state index in [2.05, 4.69) is 0 Å². The number of hydrogen-bond donors (Lipinski definition) is 0. The van der Waals surface area contributed by atoms with Crippen LogP contribution in [0.1, 0.15) is 26.3 Å². The fraction of sp³-hybridized carbons (Fsp3) is 0.294. The van der Waals surface area contributed by atoms with Gasteiger partial charge in [-0.1, -0.05) is 29.3 Å². The van der Waals surface area contributed by atoms with E-state index < -0.39 is 5.97 Å². The lowest BCUT2D eigenvalue weighted by Gasteiger charge is -2.22. The summed E-state index contributed by atoms with van der Waals surface area (Å²) in [6, 6.07) is 4.95. The number of esters is 1. The first-order valence-electron chi connectivity index (χ1n) is 7.07. The van der Waals surface area contributed by atoms with Crippen LogP contribution in [0.4, 0.5) is 0 Å². The van der Waals surface area contributed by atoms with Crippen LogP contribution in [-0.4, -0.2) is 29.9 Å². The predicted octanol–water partition coefficient (Wildman–Crippen LogP) is 4.07. The predicted molar refractivity (Wildman–Crippen MR) is 91.1 cm³/mol. The molecule has 1 aromatic carbocycles. The van der Waals surface area contributed by atoms with Crippen molar-refractivity contribution in [2.24, 2.45) is 0 Å². The summed E-state index contributed by atoms with van der Waals surface area (Å²) in [5.74, 6) is -0.769. The van der Waals surface area contributed by atoms with Gasteiger partial charge in [-0.15, -0.1) is 0 Å². The number of halogens is 2. The molecule has 23 heavy (non-hydrogen) atoms. The topological polar surface area (TPSA) is 46.6 Å². The Hall–Kier alpha value is -1.78. The number of hydrogen-bond acceptors (Lipinski definition) is 3. The molecule has 1 amide bonds. The highest BCUT2D eigenvalue weighted by Crippen LogP contribution is 2.33. The summed E-state index contributed by atoms with van der Waals surface area (Å²) in [6.07, 6.45) is 1.63. The normalized spacial score (nSPS) is 16.7. The Bertz CT molecular complexity index is 735. The number of methoxy groups -OCH3 is 1. The molecule has 0 aromatic heterocycles. The van der Waals surface area contributed by atoms with Crippen molar-refractivity contribution in [3.05, 3.63) is 50.7 Å². The van der Waals surface area contributed by atoms with Gasteiger partial charge in [0.25, 0.3) is 5.91 Å². The molecule has 0 N–H and O–H groups in total. The van der Waals surface area contributed by atoms with Crippen LogP contribution < -0.4 is 0 Å². The average molecular weight is 354 g/mol. The van der Waals surface area contributed by atoms with Crippen molar-refractivity contribution in [3.8, 4) is 0 Å². The van der Waals surface area contributed by atoms with Crippen molar-refractivity contribution in [1.29, 1.82) is 0 Å². The van der Waals surface area contributed by atoms with Gasteiger partial charge in [0.2, 0.25) is 0 Å². The molecule has 1 heterocycles. The standard InChI is InChI=1S/C17H17Cl2NO3/c1-9(2)20-10(3)15(17(22)23-4)12(16(20)21)7-11-5-6-13(18)14(19)8-11/h5-9H,1-4H3/b12-7-. The zero-order valence-corrected chi connectivity index (χ0v) is 14.8. The second-order valence-electron chi connectivity index (χ2n) is 5.45. The fourth-order valence-corrected chi connectivity index (χ4v) is 2.90. The molecule has 0 fully saturated rings. The van der Waals surface area contributed by atoms with Gasteiger partial charge in [0, 0.05) is 11.7 Å². The Labute approximate surface area is 145 Å². The average Bonchev–Trinajstić information content (AvgIpc) is 2.73. The second-order valence-corrected chi connectivity index (χ2v) is 6.27. The molecule has 1 aliphatic rings. The molecule has 0 radical (unpaired) electrons. The van der Waals surface area contributed by atoms with Crippen LogP contribution in [0.2, 0.25) is 10.0 Å². The third-order valence-corrected chi connectivity index (χ3v) is 4.34. The number of nitrogens with zero attached hydrogens (tertiary/aromatic N) is 1. The van der Waals surface area contributed by atoms with Crippen LogP contribution in [0.15, 0.2) is 35.0 Å². The minimum atomic E-state index is -0.537. The van der Waals surface area contributed by atoms with E-state index in [0.717, 1.165) is 0 Å². The van der Waals surface area contributed by atoms with Crippen molar-refractivity contribution in [1.82, 2.24) is 4.90 Å². The highest BCUT2D eigenvalue weighted by molar-refractivity contribution is 6.42. The zero-order chi connectivity index (χ0) is 17.3. The van der Waals surface area contributed by atoms with Crippen molar-refractivity contribution < 1.29 is 14.3 Å². The van der Waals surface area contributed by atoms with E-state index in [1.165, 1.54) is 7.11 Å². The van der Waals surface area contributed by atoms with E-state index in [0.29, 0.717) is 26.9 Å². The van der Waals surface area contributed by atoms with E-state index in [9.17, 15) is 9.59 Å². The molecule has 0 unspecified atom stereocenters. The number of allylic oxidation sites excluding steroid dienone is 1. The fourth-order valence-electron chi connectivity index (χ4n) is 2.59. The van der Waals surface area contributed by atoms with Gasteiger partial charge in [0.1, 0.15) is 0 Å². The number of amides is 1. The molecule has 6 heteroatoms. The highest BCUT2D eigenvalue weighted by atomic mass is 35.5. The number of ether oxygens (including phenoxy) is 1. The van der Waals surface area contributed by atoms with Crippen LogP contribution in [0.25, 0.3) is 6.08 Å². The second kappa shape index (κ2) is 6.77. The number of carbonyl (C=O) groups is 2. The van der Waals surface area contributed by atoms with Gasteiger partial charge in [0.15, 0.2) is 0 Å². The van der Waals surface area contributed by atoms with Gasteiger partial charge in [0.05, 0.1) is 28.3 Å². The van der Waals surface area contributed by atoms with Gasteiger partial charge in [-0.2, -0.15) is 0 Å². The van der Waals surface area contributed by atoms with Crippen molar-refractivity contribution in [2.45, 2.75) is 26.8 Å². The molecule has 0 spiro atoms. The lowest BCUT2D eigenvalue weighted by molar-refractivity contribution is -0.136. The Kier molecular flexibility index (Phi) is 5.17. The lowest BCUT2D eigenvalue weighted by Crippen LogP contribution is -2.31. The summed E-state index contributed by atoms with van der Waals surface area (Å²) in [7, 11) is 1.29. The minimum Gasteiger partial charge on any atom is -0.465 e. The molecule has 0 bridgehead atoms. The van der Waals surface area contributed by atoms with Gasteiger partial charge in [-0.3, -0.25) is 4.79 Å². The largest absolute Gasteiger partial charge is 0.465 e.